The summed E-state index contributed by atoms with van der Waals surface area (Å²) in [5.41, 5.74) is 9.67. The van der Waals surface area contributed by atoms with Crippen molar-refractivity contribution in [1.82, 2.24) is 19.9 Å². The first-order valence-electron chi connectivity index (χ1n) is 18.5. The standard InChI is InChI=1S/C46H38N6Si2/c1-53(2)39-15-9-14-37-45-36-21-19-32(52(34-13-11-23-48-30-34)44-17-6-8-25-50-44)27-41(36)54(3,4)42(45)28-38(46(37)39)35-20-18-31(26-40(35)53)51(33-12-10-22-47-29-33)43-16-5-7-24-49-43/h5-30H,1-4H3. The molecule has 0 aliphatic carbocycles. The van der Waals surface area contributed by atoms with Gasteiger partial charge in [0.25, 0.3) is 0 Å². The number of anilines is 6. The van der Waals surface area contributed by atoms with E-state index in [4.69, 9.17) is 9.97 Å². The molecule has 4 aromatic heterocycles. The van der Waals surface area contributed by atoms with E-state index in [0.29, 0.717) is 0 Å². The van der Waals surface area contributed by atoms with Crippen LogP contribution in [0, 0.1) is 0 Å². The van der Waals surface area contributed by atoms with Crippen molar-refractivity contribution in [2.24, 2.45) is 0 Å². The normalized spacial score (nSPS) is 14.2. The predicted molar refractivity (Wildman–Crippen MR) is 229 cm³/mol. The van der Waals surface area contributed by atoms with E-state index in [1.54, 1.807) is 0 Å². The number of hydrogen-bond donors (Lipinski definition) is 0. The number of rotatable bonds is 6. The van der Waals surface area contributed by atoms with Crippen LogP contribution in [0.3, 0.4) is 0 Å². The number of fused-ring (bicyclic) bond motifs is 6. The van der Waals surface area contributed by atoms with Crippen LogP contribution in [-0.2, 0) is 0 Å². The Labute approximate surface area is 317 Å². The molecule has 0 saturated heterocycles. The molecule has 2 aliphatic rings. The van der Waals surface area contributed by atoms with Gasteiger partial charge in [-0.3, -0.25) is 19.8 Å². The lowest BCUT2D eigenvalue weighted by atomic mass is 9.91. The third kappa shape index (κ3) is 4.83. The molecule has 2 aliphatic heterocycles. The lowest BCUT2D eigenvalue weighted by molar-refractivity contribution is 1.16. The molecular formula is C46H38N6Si2. The summed E-state index contributed by atoms with van der Waals surface area (Å²) in [6, 6.07) is 44.1. The Morgan fingerprint density at radius 2 is 1.00 bits per heavy atom. The van der Waals surface area contributed by atoms with Gasteiger partial charge < -0.3 is 0 Å². The summed E-state index contributed by atoms with van der Waals surface area (Å²) in [6.45, 7) is 10.1. The largest absolute Gasteiger partial charge is 0.293 e. The molecule has 0 atom stereocenters. The summed E-state index contributed by atoms with van der Waals surface area (Å²) < 4.78 is 0. The van der Waals surface area contributed by atoms with Gasteiger partial charge >= 0.3 is 0 Å². The van der Waals surface area contributed by atoms with Crippen LogP contribution in [0.5, 0.6) is 0 Å². The van der Waals surface area contributed by atoms with Crippen molar-refractivity contribution in [2.45, 2.75) is 26.2 Å². The van der Waals surface area contributed by atoms with Crippen molar-refractivity contribution in [1.29, 1.82) is 0 Å². The molecule has 0 bridgehead atoms. The smallest absolute Gasteiger partial charge is 0.137 e. The van der Waals surface area contributed by atoms with Gasteiger partial charge in [0.05, 0.1) is 23.8 Å². The molecule has 0 spiro atoms. The fourth-order valence-electron chi connectivity index (χ4n) is 8.89. The van der Waals surface area contributed by atoms with Crippen LogP contribution in [0.2, 0.25) is 26.2 Å². The molecule has 10 rings (SSSR count). The van der Waals surface area contributed by atoms with Gasteiger partial charge in [0.15, 0.2) is 0 Å². The van der Waals surface area contributed by atoms with Crippen LogP contribution in [0.25, 0.3) is 33.0 Å². The number of pyridine rings is 4. The molecule has 8 heteroatoms. The summed E-state index contributed by atoms with van der Waals surface area (Å²) in [4.78, 5) is 22.9. The Hall–Kier alpha value is -6.23. The first-order valence-corrected chi connectivity index (χ1v) is 24.5. The summed E-state index contributed by atoms with van der Waals surface area (Å²) in [7, 11) is -4.34. The molecule has 0 amide bonds. The van der Waals surface area contributed by atoms with E-state index in [2.05, 4.69) is 131 Å². The maximum Gasteiger partial charge on any atom is 0.137 e. The number of aromatic nitrogens is 4. The second-order valence-electron chi connectivity index (χ2n) is 15.3. The molecule has 260 valence electrons. The van der Waals surface area contributed by atoms with Crippen LogP contribution in [0.1, 0.15) is 0 Å². The molecule has 6 nitrogen and oxygen atoms in total. The van der Waals surface area contributed by atoms with Crippen LogP contribution < -0.4 is 30.5 Å². The first kappa shape index (κ1) is 32.4. The summed E-state index contributed by atoms with van der Waals surface area (Å²) in [6.07, 6.45) is 11.2. The predicted octanol–water partition coefficient (Wildman–Crippen LogP) is 8.97. The van der Waals surface area contributed by atoms with E-state index in [1.807, 2.05) is 73.6 Å². The Kier molecular flexibility index (Phi) is 7.30. The second-order valence-corrected chi connectivity index (χ2v) is 23.9. The molecule has 54 heavy (non-hydrogen) atoms. The maximum atomic E-state index is 4.78. The molecular weight excluding hydrogens is 693 g/mol. The number of benzene rings is 4. The van der Waals surface area contributed by atoms with E-state index >= 15 is 0 Å². The average Bonchev–Trinajstić information content (AvgIpc) is 3.44. The van der Waals surface area contributed by atoms with Crippen LogP contribution in [-0.4, -0.2) is 36.1 Å². The minimum absolute atomic E-state index is 0.871. The highest BCUT2D eigenvalue weighted by atomic mass is 28.3. The molecule has 0 radical (unpaired) electrons. The van der Waals surface area contributed by atoms with Gasteiger partial charge in [-0.25, -0.2) is 9.97 Å². The van der Waals surface area contributed by atoms with Crippen molar-refractivity contribution in [2.75, 3.05) is 9.80 Å². The van der Waals surface area contributed by atoms with Crippen molar-refractivity contribution >= 4 is 82.1 Å². The fraction of sp³-hybridized carbons (Fsp3) is 0.0870. The van der Waals surface area contributed by atoms with Gasteiger partial charge in [-0.1, -0.05) is 74.7 Å². The van der Waals surface area contributed by atoms with E-state index in [-0.39, 0.29) is 0 Å². The summed E-state index contributed by atoms with van der Waals surface area (Å²) in [5.74, 6) is 1.74. The molecule has 4 aromatic carbocycles. The van der Waals surface area contributed by atoms with Crippen LogP contribution >= 0.6 is 0 Å². The van der Waals surface area contributed by atoms with E-state index in [1.165, 1.54) is 53.8 Å². The van der Waals surface area contributed by atoms with Crippen molar-refractivity contribution in [3.05, 3.63) is 159 Å². The summed E-state index contributed by atoms with van der Waals surface area (Å²) in [5, 5.41) is 8.70. The molecule has 0 fully saturated rings. The summed E-state index contributed by atoms with van der Waals surface area (Å²) >= 11 is 0. The fourth-order valence-corrected chi connectivity index (χ4v) is 15.1. The lowest BCUT2D eigenvalue weighted by Crippen LogP contribution is -2.56. The average molecular weight is 731 g/mol. The monoisotopic (exact) mass is 730 g/mol. The third-order valence-electron chi connectivity index (χ3n) is 11.5. The third-order valence-corrected chi connectivity index (χ3v) is 18.5. The highest BCUT2D eigenvalue weighted by Gasteiger charge is 2.43. The number of nitrogens with zero attached hydrogens (tertiary/aromatic N) is 6. The highest BCUT2D eigenvalue weighted by molar-refractivity contribution is 7.05. The van der Waals surface area contributed by atoms with E-state index < -0.39 is 16.1 Å². The molecule has 0 unspecified atom stereocenters. The van der Waals surface area contributed by atoms with E-state index in [9.17, 15) is 0 Å². The van der Waals surface area contributed by atoms with Crippen LogP contribution in [0.15, 0.2) is 159 Å². The van der Waals surface area contributed by atoms with Gasteiger partial charge in [-0.05, 0) is 127 Å². The highest BCUT2D eigenvalue weighted by Crippen LogP contribution is 2.44. The van der Waals surface area contributed by atoms with Crippen molar-refractivity contribution in [3.8, 4) is 22.3 Å². The lowest BCUT2D eigenvalue weighted by Gasteiger charge is -2.36. The quantitative estimate of drug-likeness (QED) is 0.159. The second kappa shape index (κ2) is 12.2. The number of hydrogen-bond acceptors (Lipinski definition) is 6. The minimum Gasteiger partial charge on any atom is -0.293 e. The topological polar surface area (TPSA) is 58.0 Å². The zero-order valence-corrected chi connectivity index (χ0v) is 32.7. The van der Waals surface area contributed by atoms with Gasteiger partial charge in [0.2, 0.25) is 0 Å². The zero-order chi connectivity index (χ0) is 36.6. The van der Waals surface area contributed by atoms with Gasteiger partial charge in [0.1, 0.15) is 27.8 Å². The minimum atomic E-state index is -2.17. The van der Waals surface area contributed by atoms with Gasteiger partial charge in [0, 0.05) is 36.2 Å². The molecule has 0 saturated carbocycles. The van der Waals surface area contributed by atoms with Crippen molar-refractivity contribution in [3.63, 3.8) is 0 Å². The maximum absolute atomic E-state index is 4.78. The Morgan fingerprint density at radius 3 is 1.56 bits per heavy atom. The SMILES string of the molecule is C[Si]1(C)c2cc(N(c3cccnc3)c3ccccn3)ccc2-c2c1cc1c3c(cccc23)[Si](C)(C)c2cc(N(c3cccnc3)c3ccccn3)ccc2-1. The molecule has 0 N–H and O–H groups in total. The first-order chi connectivity index (χ1) is 26.3. The molecule has 6 heterocycles. The van der Waals surface area contributed by atoms with Gasteiger partial charge in [-0.15, -0.1) is 0 Å². The van der Waals surface area contributed by atoms with Crippen LogP contribution in [0.4, 0.5) is 34.4 Å². The Morgan fingerprint density at radius 1 is 0.426 bits per heavy atom. The Bertz CT molecular complexity index is 2640. The van der Waals surface area contributed by atoms with E-state index in [0.717, 1.165) is 34.4 Å². The molecule has 8 aromatic rings. The van der Waals surface area contributed by atoms with Crippen molar-refractivity contribution < 1.29 is 0 Å². The van der Waals surface area contributed by atoms with Gasteiger partial charge in [-0.2, -0.15) is 0 Å². The Balaban J connectivity index is 1.16. The zero-order valence-electron chi connectivity index (χ0n) is 30.7.